The van der Waals surface area contributed by atoms with Crippen LogP contribution in [0.4, 0.5) is 0 Å². The van der Waals surface area contributed by atoms with Crippen LogP contribution in [0, 0.1) is 20.8 Å². The number of oxazole rings is 1. The van der Waals surface area contributed by atoms with Gasteiger partial charge in [0.15, 0.2) is 0 Å². The smallest absolute Gasteiger partial charge is 0.317 e. The lowest BCUT2D eigenvalue weighted by Gasteiger charge is -2.11. The number of rotatable bonds is 4. The van der Waals surface area contributed by atoms with E-state index in [0.29, 0.717) is 17.3 Å². The number of ether oxygens (including phenoxy) is 1. The number of nitrogens with zero attached hydrogens (tertiary/aromatic N) is 1. The molecular weight excluding hydrogens is 302 g/mol. The van der Waals surface area contributed by atoms with Crippen molar-refractivity contribution < 1.29 is 13.9 Å². The first-order chi connectivity index (χ1) is 11.5. The maximum absolute atomic E-state index is 12.2. The van der Waals surface area contributed by atoms with Crippen LogP contribution in [-0.4, -0.2) is 11.0 Å². The molecule has 3 aromatic rings. The second-order valence-electron chi connectivity index (χ2n) is 5.89. The van der Waals surface area contributed by atoms with E-state index in [1.54, 1.807) is 0 Å². The predicted octanol–water partition coefficient (Wildman–Crippen LogP) is 4.41. The summed E-state index contributed by atoms with van der Waals surface area (Å²) in [7, 11) is 0. The van der Waals surface area contributed by atoms with E-state index in [-0.39, 0.29) is 12.4 Å². The minimum absolute atomic E-state index is 0.0725. The van der Waals surface area contributed by atoms with Gasteiger partial charge in [0, 0.05) is 5.56 Å². The maximum atomic E-state index is 12.2. The Morgan fingerprint density at radius 1 is 1.08 bits per heavy atom. The standard InChI is InChI=1S/C20H19NO3/c1-13-9-14(2)19(15(3)10-13)24-18(22)11-17-12-23-20(21-17)16-7-5-4-6-8-16/h4-10,12H,11H2,1-3H3. The van der Waals surface area contributed by atoms with E-state index in [4.69, 9.17) is 9.15 Å². The summed E-state index contributed by atoms with van der Waals surface area (Å²) in [6, 6.07) is 13.6. The molecule has 122 valence electrons. The Hall–Kier alpha value is -2.88. The molecule has 4 heteroatoms. The van der Waals surface area contributed by atoms with Gasteiger partial charge in [-0.15, -0.1) is 0 Å². The minimum atomic E-state index is -0.349. The number of esters is 1. The number of hydrogen-bond donors (Lipinski definition) is 0. The lowest BCUT2D eigenvalue weighted by atomic mass is 10.1. The first kappa shape index (κ1) is 16.0. The molecule has 0 N–H and O–H groups in total. The molecule has 2 aromatic carbocycles. The normalized spacial score (nSPS) is 10.6. The van der Waals surface area contributed by atoms with Crippen molar-refractivity contribution in [3.8, 4) is 17.2 Å². The van der Waals surface area contributed by atoms with E-state index in [1.165, 1.54) is 6.26 Å². The van der Waals surface area contributed by atoms with Gasteiger partial charge in [0.2, 0.25) is 5.89 Å². The van der Waals surface area contributed by atoms with E-state index < -0.39 is 0 Å². The third kappa shape index (κ3) is 3.54. The Bertz CT molecular complexity index is 843. The van der Waals surface area contributed by atoms with Gasteiger partial charge in [0.1, 0.15) is 12.0 Å². The topological polar surface area (TPSA) is 52.3 Å². The van der Waals surface area contributed by atoms with Crippen LogP contribution in [0.2, 0.25) is 0 Å². The molecule has 4 nitrogen and oxygen atoms in total. The van der Waals surface area contributed by atoms with Crippen LogP contribution < -0.4 is 4.74 Å². The van der Waals surface area contributed by atoms with E-state index in [1.807, 2.05) is 63.2 Å². The summed E-state index contributed by atoms with van der Waals surface area (Å²) in [4.78, 5) is 16.6. The van der Waals surface area contributed by atoms with Crippen molar-refractivity contribution >= 4 is 5.97 Å². The number of hydrogen-bond acceptors (Lipinski definition) is 4. The van der Waals surface area contributed by atoms with Crippen molar-refractivity contribution in [2.75, 3.05) is 0 Å². The number of carbonyl (C=O) groups is 1. The molecule has 1 aromatic heterocycles. The zero-order valence-electron chi connectivity index (χ0n) is 14.0. The monoisotopic (exact) mass is 321 g/mol. The first-order valence-corrected chi connectivity index (χ1v) is 7.81. The van der Waals surface area contributed by atoms with Crippen molar-refractivity contribution in [1.82, 2.24) is 4.98 Å². The zero-order chi connectivity index (χ0) is 17.1. The average Bonchev–Trinajstić information content (AvgIpc) is 3.00. The minimum Gasteiger partial charge on any atom is -0.444 e. The molecule has 0 unspecified atom stereocenters. The van der Waals surface area contributed by atoms with Crippen molar-refractivity contribution in [2.45, 2.75) is 27.2 Å². The van der Waals surface area contributed by atoms with Gasteiger partial charge in [-0.3, -0.25) is 4.79 Å². The number of benzene rings is 2. The Morgan fingerprint density at radius 3 is 2.42 bits per heavy atom. The molecule has 0 aliphatic rings. The van der Waals surface area contributed by atoms with Crippen molar-refractivity contribution in [3.05, 3.63) is 71.1 Å². The molecule has 0 bridgehead atoms. The molecular formula is C20H19NO3. The Kier molecular flexibility index (Phi) is 4.47. The van der Waals surface area contributed by atoms with Gasteiger partial charge in [-0.1, -0.05) is 35.9 Å². The van der Waals surface area contributed by atoms with Gasteiger partial charge in [-0.05, 0) is 44.0 Å². The van der Waals surface area contributed by atoms with Crippen LogP contribution >= 0.6 is 0 Å². The largest absolute Gasteiger partial charge is 0.444 e. The van der Waals surface area contributed by atoms with Crippen molar-refractivity contribution in [3.63, 3.8) is 0 Å². The van der Waals surface area contributed by atoms with Crippen LogP contribution in [-0.2, 0) is 11.2 Å². The second kappa shape index (κ2) is 6.71. The highest BCUT2D eigenvalue weighted by molar-refractivity contribution is 5.75. The summed E-state index contributed by atoms with van der Waals surface area (Å²) in [6.07, 6.45) is 1.57. The predicted molar refractivity (Wildman–Crippen MR) is 91.9 cm³/mol. The average molecular weight is 321 g/mol. The molecule has 0 radical (unpaired) electrons. The molecule has 0 saturated carbocycles. The SMILES string of the molecule is Cc1cc(C)c(OC(=O)Cc2coc(-c3ccccc3)n2)c(C)c1. The maximum Gasteiger partial charge on any atom is 0.317 e. The summed E-state index contributed by atoms with van der Waals surface area (Å²) >= 11 is 0. The van der Waals surface area contributed by atoms with Gasteiger partial charge in [0.25, 0.3) is 0 Å². The highest BCUT2D eigenvalue weighted by atomic mass is 16.5. The summed E-state index contributed by atoms with van der Waals surface area (Å²) in [5, 5.41) is 0. The fourth-order valence-electron chi connectivity index (χ4n) is 2.73. The molecule has 0 amide bonds. The number of carbonyl (C=O) groups excluding carboxylic acids is 1. The van der Waals surface area contributed by atoms with Crippen LogP contribution in [0.25, 0.3) is 11.5 Å². The second-order valence-corrected chi connectivity index (χ2v) is 5.89. The number of aryl methyl sites for hydroxylation is 3. The first-order valence-electron chi connectivity index (χ1n) is 7.81. The van der Waals surface area contributed by atoms with Gasteiger partial charge in [-0.2, -0.15) is 0 Å². The lowest BCUT2D eigenvalue weighted by molar-refractivity contribution is -0.133. The molecule has 0 saturated heterocycles. The lowest BCUT2D eigenvalue weighted by Crippen LogP contribution is -2.13. The van der Waals surface area contributed by atoms with Gasteiger partial charge in [-0.25, -0.2) is 4.98 Å². The van der Waals surface area contributed by atoms with Crippen LogP contribution in [0.1, 0.15) is 22.4 Å². The molecule has 0 aliphatic heterocycles. The Balaban J connectivity index is 1.71. The molecule has 0 atom stereocenters. The van der Waals surface area contributed by atoms with Gasteiger partial charge < -0.3 is 9.15 Å². The van der Waals surface area contributed by atoms with E-state index >= 15 is 0 Å². The summed E-state index contributed by atoms with van der Waals surface area (Å²) in [6.45, 7) is 5.89. The molecule has 24 heavy (non-hydrogen) atoms. The van der Waals surface area contributed by atoms with Gasteiger partial charge >= 0.3 is 5.97 Å². The molecule has 0 fully saturated rings. The van der Waals surface area contributed by atoms with Crippen LogP contribution in [0.15, 0.2) is 53.1 Å². The van der Waals surface area contributed by atoms with Crippen molar-refractivity contribution in [1.29, 1.82) is 0 Å². The Labute approximate surface area is 141 Å². The Morgan fingerprint density at radius 2 is 1.75 bits per heavy atom. The highest BCUT2D eigenvalue weighted by Crippen LogP contribution is 2.25. The third-order valence-corrected chi connectivity index (χ3v) is 3.72. The highest BCUT2D eigenvalue weighted by Gasteiger charge is 2.14. The van der Waals surface area contributed by atoms with Crippen LogP contribution in [0.5, 0.6) is 5.75 Å². The molecule has 1 heterocycles. The molecule has 0 spiro atoms. The van der Waals surface area contributed by atoms with E-state index in [9.17, 15) is 4.79 Å². The number of aromatic nitrogens is 1. The molecule has 3 rings (SSSR count). The van der Waals surface area contributed by atoms with E-state index in [0.717, 1.165) is 22.3 Å². The van der Waals surface area contributed by atoms with Gasteiger partial charge in [0.05, 0.1) is 12.1 Å². The molecule has 0 aliphatic carbocycles. The fraction of sp³-hybridized carbons (Fsp3) is 0.200. The van der Waals surface area contributed by atoms with Crippen LogP contribution in [0.3, 0.4) is 0 Å². The summed E-state index contributed by atoms with van der Waals surface area (Å²) in [5.74, 6) is 0.774. The quantitative estimate of drug-likeness (QED) is 0.527. The third-order valence-electron chi connectivity index (χ3n) is 3.72. The fourth-order valence-corrected chi connectivity index (χ4v) is 2.73. The zero-order valence-corrected chi connectivity index (χ0v) is 14.0. The van der Waals surface area contributed by atoms with Crippen molar-refractivity contribution in [2.24, 2.45) is 0 Å². The van der Waals surface area contributed by atoms with E-state index in [2.05, 4.69) is 4.98 Å². The summed E-state index contributed by atoms with van der Waals surface area (Å²) < 4.78 is 11.0. The summed E-state index contributed by atoms with van der Waals surface area (Å²) in [5.41, 5.74) is 4.48.